The Morgan fingerprint density at radius 3 is 2.21 bits per heavy atom. The third kappa shape index (κ3) is 10.9. The minimum Gasteiger partial charge on any atom is -0.449 e. The maximum atomic E-state index is 12.6. The van der Waals surface area contributed by atoms with Crippen molar-refractivity contribution in [3.05, 3.63) is 34.5 Å². The average Bonchev–Trinajstić information content (AvgIpc) is 3.50. The molecule has 3 N–H and O–H groups in total. The molecular formula is C33H51ClN6O3. The fraction of sp³-hybridized carbons (Fsp3) is 0.636. The number of carbonyl (C=O) groups is 2. The van der Waals surface area contributed by atoms with Crippen molar-refractivity contribution in [3.8, 4) is 11.4 Å². The number of halogens is 1. The Morgan fingerprint density at radius 2 is 1.60 bits per heavy atom. The van der Waals surface area contributed by atoms with Gasteiger partial charge in [-0.1, -0.05) is 122 Å². The molecule has 0 aliphatic carbocycles. The number of nitrogens with one attached hydrogen (secondary N) is 3. The highest BCUT2D eigenvalue weighted by Gasteiger charge is 2.25. The Morgan fingerprint density at radius 1 is 0.977 bits per heavy atom. The minimum absolute atomic E-state index is 0.00577. The van der Waals surface area contributed by atoms with Crippen molar-refractivity contribution in [1.29, 1.82) is 0 Å². The number of hydrogen-bond acceptors (Lipinski definition) is 5. The number of nitrogens with zero attached hydrogens (tertiary/aromatic N) is 3. The van der Waals surface area contributed by atoms with Crippen molar-refractivity contribution >= 4 is 34.9 Å². The van der Waals surface area contributed by atoms with Crippen LogP contribution in [-0.4, -0.2) is 45.0 Å². The molecule has 0 unspecified atom stereocenters. The van der Waals surface area contributed by atoms with Crippen LogP contribution in [0.3, 0.4) is 0 Å². The molecule has 9 nitrogen and oxygen atoms in total. The van der Waals surface area contributed by atoms with Crippen molar-refractivity contribution in [2.75, 3.05) is 18.5 Å². The summed E-state index contributed by atoms with van der Waals surface area (Å²) in [6, 6.07) is 5.52. The van der Waals surface area contributed by atoms with Crippen LogP contribution >= 0.6 is 11.6 Å². The second-order valence-corrected chi connectivity index (χ2v) is 12.8. The van der Waals surface area contributed by atoms with Gasteiger partial charge < -0.3 is 10.1 Å². The van der Waals surface area contributed by atoms with Crippen LogP contribution in [0.15, 0.2) is 18.2 Å². The normalized spacial score (nSPS) is 11.7. The molecule has 0 saturated carbocycles. The van der Waals surface area contributed by atoms with Crippen molar-refractivity contribution in [2.45, 2.75) is 124 Å². The monoisotopic (exact) mass is 614 g/mol. The third-order valence-corrected chi connectivity index (χ3v) is 8.00. The number of carbonyl (C=O) groups excluding carboxylic acids is 2. The van der Waals surface area contributed by atoms with E-state index in [1.807, 2.05) is 19.1 Å². The molecule has 238 valence electrons. The first-order valence-electron chi connectivity index (χ1n) is 16.1. The maximum Gasteiger partial charge on any atom is 0.411 e. The van der Waals surface area contributed by atoms with Gasteiger partial charge in [-0.2, -0.15) is 4.63 Å². The fourth-order valence-electron chi connectivity index (χ4n) is 5.14. The molecule has 3 rings (SSSR count). The van der Waals surface area contributed by atoms with E-state index in [1.165, 1.54) is 64.2 Å². The topological polar surface area (TPSA) is 113 Å². The van der Waals surface area contributed by atoms with Gasteiger partial charge in [-0.05, 0) is 25.0 Å². The van der Waals surface area contributed by atoms with Crippen molar-refractivity contribution in [1.82, 2.24) is 25.1 Å². The summed E-state index contributed by atoms with van der Waals surface area (Å²) in [4.78, 5) is 29.4. The third-order valence-electron chi connectivity index (χ3n) is 7.64. The number of fused-ring (bicyclic) bond motifs is 1. The summed E-state index contributed by atoms with van der Waals surface area (Å²) in [7, 11) is 0. The highest BCUT2D eigenvalue weighted by Crippen LogP contribution is 2.34. The van der Waals surface area contributed by atoms with Gasteiger partial charge in [0.05, 0.1) is 17.8 Å². The van der Waals surface area contributed by atoms with Crippen molar-refractivity contribution in [2.24, 2.45) is 0 Å². The van der Waals surface area contributed by atoms with Crippen LogP contribution < -0.4 is 10.6 Å². The standard InChI is InChI=1S/C33H51ClN6O3/c1-6-7-8-9-10-11-12-13-14-15-16-17-22-35-26(41)21-23-43-32(42)36-25-20-18-19-24(2)27(25)30-37-31-28(34)29(33(3,4)5)38-40(31)39-30/h18-20,38H,6-17,21-23H2,1-5H3,(H,35,41)(H,36,42). The average molecular weight is 615 g/mol. The molecule has 1 aromatic carbocycles. The van der Waals surface area contributed by atoms with Crippen LogP contribution in [0.2, 0.25) is 5.02 Å². The zero-order valence-electron chi connectivity index (χ0n) is 26.8. The van der Waals surface area contributed by atoms with E-state index < -0.39 is 6.09 Å². The molecule has 0 aliphatic heterocycles. The molecule has 0 atom stereocenters. The summed E-state index contributed by atoms with van der Waals surface area (Å²) in [6.07, 6.45) is 14.9. The number of ether oxygens (including phenoxy) is 1. The summed E-state index contributed by atoms with van der Waals surface area (Å²) in [5.41, 5.74) is 3.25. The molecule has 2 amide bonds. The van der Waals surface area contributed by atoms with Gasteiger partial charge in [-0.25, -0.2) is 9.78 Å². The predicted molar refractivity (Wildman–Crippen MR) is 175 cm³/mol. The lowest BCUT2D eigenvalue weighted by Crippen LogP contribution is -2.26. The van der Waals surface area contributed by atoms with Gasteiger partial charge in [0.25, 0.3) is 0 Å². The van der Waals surface area contributed by atoms with Gasteiger partial charge in [0.1, 0.15) is 11.6 Å². The van der Waals surface area contributed by atoms with Crippen LogP contribution in [-0.2, 0) is 14.9 Å². The number of aromatic amines is 1. The lowest BCUT2D eigenvalue weighted by Gasteiger charge is -2.16. The van der Waals surface area contributed by atoms with Crippen molar-refractivity contribution in [3.63, 3.8) is 0 Å². The number of rotatable bonds is 18. The molecule has 0 fully saturated rings. The highest BCUT2D eigenvalue weighted by molar-refractivity contribution is 6.34. The van der Waals surface area contributed by atoms with Crippen LogP contribution in [0.4, 0.5) is 10.5 Å². The minimum atomic E-state index is -0.640. The Balaban J connectivity index is 1.35. The van der Waals surface area contributed by atoms with E-state index in [0.717, 1.165) is 24.1 Å². The number of benzene rings is 1. The SMILES string of the molecule is CCCCCCCCCCCCCCNC(=O)CCOC(=O)Nc1cccc(C)c1-c1nc2c(Cl)c(C(C)(C)C)[nH]n2n1. The van der Waals surface area contributed by atoms with Crippen molar-refractivity contribution < 1.29 is 14.3 Å². The highest BCUT2D eigenvalue weighted by atomic mass is 35.5. The second-order valence-electron chi connectivity index (χ2n) is 12.5. The van der Waals surface area contributed by atoms with Crippen LogP contribution in [0.1, 0.15) is 122 Å². The lowest BCUT2D eigenvalue weighted by atomic mass is 9.92. The predicted octanol–water partition coefficient (Wildman–Crippen LogP) is 8.74. The van der Waals surface area contributed by atoms with Crippen LogP contribution in [0, 0.1) is 6.92 Å². The lowest BCUT2D eigenvalue weighted by molar-refractivity contribution is -0.121. The molecule has 10 heteroatoms. The quantitative estimate of drug-likeness (QED) is 0.124. The number of anilines is 1. The number of hydrogen-bond donors (Lipinski definition) is 3. The van der Waals surface area contributed by atoms with Gasteiger partial charge in [0, 0.05) is 17.5 Å². The van der Waals surface area contributed by atoms with Gasteiger partial charge >= 0.3 is 6.09 Å². The summed E-state index contributed by atoms with van der Waals surface area (Å²) in [5.74, 6) is 0.315. The summed E-state index contributed by atoms with van der Waals surface area (Å²) in [6.45, 7) is 11.0. The Kier molecular flexibility index (Phi) is 13.8. The molecule has 2 aromatic heterocycles. The first-order chi connectivity index (χ1) is 20.6. The van der Waals surface area contributed by atoms with E-state index in [1.54, 1.807) is 10.7 Å². The van der Waals surface area contributed by atoms with E-state index in [-0.39, 0.29) is 24.3 Å². The van der Waals surface area contributed by atoms with E-state index >= 15 is 0 Å². The van der Waals surface area contributed by atoms with Crippen LogP contribution in [0.25, 0.3) is 17.0 Å². The Hall–Kier alpha value is -3.07. The van der Waals surface area contributed by atoms with Gasteiger partial charge in [0.2, 0.25) is 5.91 Å². The zero-order chi connectivity index (χ0) is 31.2. The number of H-pyrrole nitrogens is 1. The molecule has 0 aliphatic rings. The Labute approximate surface area is 261 Å². The molecule has 3 aromatic rings. The van der Waals surface area contributed by atoms with Crippen LogP contribution in [0.5, 0.6) is 0 Å². The summed E-state index contributed by atoms with van der Waals surface area (Å²) >= 11 is 6.60. The largest absolute Gasteiger partial charge is 0.449 e. The number of amides is 2. The van der Waals surface area contributed by atoms with E-state index in [0.29, 0.717) is 34.3 Å². The zero-order valence-corrected chi connectivity index (χ0v) is 27.5. The number of aryl methyl sites for hydroxylation is 1. The van der Waals surface area contributed by atoms with Gasteiger partial charge in [-0.15, -0.1) is 5.10 Å². The van der Waals surface area contributed by atoms with Gasteiger partial charge in [0.15, 0.2) is 11.5 Å². The summed E-state index contributed by atoms with van der Waals surface area (Å²) in [5, 5.41) is 14.0. The number of aromatic nitrogens is 4. The number of unbranched alkanes of at least 4 members (excludes halogenated alkanes) is 11. The molecule has 43 heavy (non-hydrogen) atoms. The molecule has 0 saturated heterocycles. The molecular weight excluding hydrogens is 564 g/mol. The van der Waals surface area contributed by atoms with E-state index in [9.17, 15) is 9.59 Å². The maximum absolute atomic E-state index is 12.6. The summed E-state index contributed by atoms with van der Waals surface area (Å²) < 4.78 is 6.86. The smallest absolute Gasteiger partial charge is 0.411 e. The Bertz CT molecular complexity index is 1310. The van der Waals surface area contributed by atoms with E-state index in [4.69, 9.17) is 16.3 Å². The molecule has 0 radical (unpaired) electrons. The van der Waals surface area contributed by atoms with Gasteiger partial charge in [-0.3, -0.25) is 15.2 Å². The first-order valence-corrected chi connectivity index (χ1v) is 16.4. The molecule has 2 heterocycles. The second kappa shape index (κ2) is 17.3. The molecule has 0 bridgehead atoms. The fourth-order valence-corrected chi connectivity index (χ4v) is 5.58. The first kappa shape index (κ1) is 34.4. The van der Waals surface area contributed by atoms with E-state index in [2.05, 4.69) is 53.5 Å². The molecule has 0 spiro atoms.